The summed E-state index contributed by atoms with van der Waals surface area (Å²) >= 11 is 12.0. The number of benzene rings is 3. The maximum Gasteiger partial charge on any atom is 0.257 e. The fraction of sp³-hybridized carbons (Fsp3) is 0.0800. The molecular weight excluding hydrogens is 459 g/mol. The van der Waals surface area contributed by atoms with E-state index in [2.05, 4.69) is 15.7 Å². The molecule has 4 rings (SSSR count). The Balaban J connectivity index is 1.53. The van der Waals surface area contributed by atoms with Gasteiger partial charge in [0.2, 0.25) is 0 Å². The number of rotatable bonds is 5. The smallest absolute Gasteiger partial charge is 0.257 e. The second-order valence-electron chi connectivity index (χ2n) is 7.41. The summed E-state index contributed by atoms with van der Waals surface area (Å²) in [6.45, 7) is 3.74. The Morgan fingerprint density at radius 3 is 2.33 bits per heavy atom. The van der Waals surface area contributed by atoms with Gasteiger partial charge >= 0.3 is 0 Å². The van der Waals surface area contributed by atoms with Gasteiger partial charge in [0, 0.05) is 16.3 Å². The summed E-state index contributed by atoms with van der Waals surface area (Å²) in [7, 11) is 0. The van der Waals surface area contributed by atoms with Gasteiger partial charge in [-0.3, -0.25) is 9.59 Å². The van der Waals surface area contributed by atoms with Crippen LogP contribution >= 0.6 is 23.2 Å². The second-order valence-corrected chi connectivity index (χ2v) is 8.25. The minimum atomic E-state index is -0.398. The molecule has 4 aromatic rings. The first-order valence-corrected chi connectivity index (χ1v) is 10.9. The van der Waals surface area contributed by atoms with Crippen molar-refractivity contribution in [2.45, 2.75) is 13.8 Å². The van der Waals surface area contributed by atoms with E-state index in [4.69, 9.17) is 23.2 Å². The van der Waals surface area contributed by atoms with E-state index in [9.17, 15) is 9.59 Å². The number of halogens is 2. The van der Waals surface area contributed by atoms with Crippen LogP contribution in [-0.2, 0) is 0 Å². The van der Waals surface area contributed by atoms with Crippen LogP contribution in [0.1, 0.15) is 32.1 Å². The molecule has 0 saturated heterocycles. The highest BCUT2D eigenvalue weighted by Crippen LogP contribution is 2.25. The Kier molecular flexibility index (Phi) is 6.49. The number of nitrogens with one attached hydrogen (secondary N) is 2. The molecule has 0 aliphatic rings. The van der Waals surface area contributed by atoms with Gasteiger partial charge in [0.05, 0.1) is 33.3 Å². The van der Waals surface area contributed by atoms with Crippen molar-refractivity contribution >= 4 is 46.4 Å². The van der Waals surface area contributed by atoms with Crippen molar-refractivity contribution in [1.82, 2.24) is 9.78 Å². The quantitative estimate of drug-likeness (QED) is 0.353. The maximum absolute atomic E-state index is 13.0. The Hall–Kier alpha value is -3.61. The molecule has 0 bridgehead atoms. The highest BCUT2D eigenvalue weighted by Gasteiger charge is 2.17. The van der Waals surface area contributed by atoms with Crippen LogP contribution in [0.3, 0.4) is 0 Å². The lowest BCUT2D eigenvalue weighted by atomic mass is 10.1. The third kappa shape index (κ3) is 4.92. The number of anilines is 2. The van der Waals surface area contributed by atoms with Crippen molar-refractivity contribution in [2.75, 3.05) is 10.6 Å². The maximum atomic E-state index is 13.0. The van der Waals surface area contributed by atoms with E-state index >= 15 is 0 Å². The highest BCUT2D eigenvalue weighted by atomic mass is 35.5. The molecule has 8 heteroatoms. The molecule has 2 N–H and O–H groups in total. The summed E-state index contributed by atoms with van der Waals surface area (Å²) in [5.41, 5.74) is 4.21. The van der Waals surface area contributed by atoms with E-state index in [0.717, 1.165) is 11.4 Å². The lowest BCUT2D eigenvalue weighted by Gasteiger charge is -2.10. The zero-order valence-corrected chi connectivity index (χ0v) is 19.4. The van der Waals surface area contributed by atoms with Crippen molar-refractivity contribution in [1.29, 1.82) is 0 Å². The van der Waals surface area contributed by atoms with Gasteiger partial charge in [-0.25, -0.2) is 4.68 Å². The van der Waals surface area contributed by atoms with E-state index in [0.29, 0.717) is 27.7 Å². The number of aromatic nitrogens is 2. The Morgan fingerprint density at radius 2 is 1.61 bits per heavy atom. The van der Waals surface area contributed by atoms with E-state index < -0.39 is 5.91 Å². The third-order valence-electron chi connectivity index (χ3n) is 5.09. The number of para-hydroxylation sites is 1. The van der Waals surface area contributed by atoms with Gasteiger partial charge in [-0.05, 0) is 62.4 Å². The molecule has 0 atom stereocenters. The number of carbonyl (C=O) groups excluding carboxylic acids is 2. The molecule has 0 unspecified atom stereocenters. The monoisotopic (exact) mass is 478 g/mol. The van der Waals surface area contributed by atoms with Crippen LogP contribution in [0.5, 0.6) is 0 Å². The number of hydrogen-bond acceptors (Lipinski definition) is 3. The van der Waals surface area contributed by atoms with Crippen molar-refractivity contribution in [2.24, 2.45) is 0 Å². The minimum absolute atomic E-state index is 0.246. The van der Waals surface area contributed by atoms with Crippen LogP contribution in [0.25, 0.3) is 5.69 Å². The van der Waals surface area contributed by atoms with Crippen LogP contribution < -0.4 is 10.6 Å². The summed E-state index contributed by atoms with van der Waals surface area (Å²) in [5, 5.41) is 10.9. The number of nitrogens with zero attached hydrogens (tertiary/aromatic N) is 2. The summed E-state index contributed by atoms with van der Waals surface area (Å²) in [6.07, 6.45) is 0. The molecule has 1 heterocycles. The SMILES string of the molecule is Cc1nn(-c2ccccc2)c(C)c1NC(=O)c1cccc(NC(=O)c2ccc(Cl)cc2Cl)c1. The Bertz CT molecular complexity index is 1350. The zero-order chi connectivity index (χ0) is 23.5. The largest absolute Gasteiger partial charge is 0.322 e. The fourth-order valence-electron chi connectivity index (χ4n) is 3.44. The fourth-order valence-corrected chi connectivity index (χ4v) is 3.93. The molecule has 0 fully saturated rings. The first-order chi connectivity index (χ1) is 15.8. The third-order valence-corrected chi connectivity index (χ3v) is 5.64. The molecule has 0 saturated carbocycles. The van der Waals surface area contributed by atoms with Crippen molar-refractivity contribution in [3.8, 4) is 5.69 Å². The first-order valence-electron chi connectivity index (χ1n) is 10.1. The summed E-state index contributed by atoms with van der Waals surface area (Å²) < 4.78 is 1.79. The topological polar surface area (TPSA) is 76.0 Å². The van der Waals surface area contributed by atoms with Gasteiger partial charge < -0.3 is 10.6 Å². The van der Waals surface area contributed by atoms with E-state index in [1.54, 1.807) is 41.1 Å². The molecule has 33 heavy (non-hydrogen) atoms. The number of carbonyl (C=O) groups is 2. The Morgan fingerprint density at radius 1 is 0.848 bits per heavy atom. The Labute approximate surface area is 201 Å². The van der Waals surface area contributed by atoms with Gasteiger partial charge in [0.25, 0.3) is 11.8 Å². The number of hydrogen-bond donors (Lipinski definition) is 2. The van der Waals surface area contributed by atoms with Crippen LogP contribution in [0.15, 0.2) is 72.8 Å². The van der Waals surface area contributed by atoms with Crippen LogP contribution in [-0.4, -0.2) is 21.6 Å². The molecule has 166 valence electrons. The molecule has 6 nitrogen and oxygen atoms in total. The lowest BCUT2D eigenvalue weighted by molar-refractivity contribution is 0.101. The van der Waals surface area contributed by atoms with Crippen LogP contribution in [0.4, 0.5) is 11.4 Å². The zero-order valence-electron chi connectivity index (χ0n) is 17.9. The summed E-state index contributed by atoms with van der Waals surface area (Å²) in [6, 6.07) is 21.0. The average Bonchev–Trinajstić information content (AvgIpc) is 3.08. The molecule has 0 aliphatic carbocycles. The van der Waals surface area contributed by atoms with Crippen molar-refractivity contribution in [3.63, 3.8) is 0 Å². The van der Waals surface area contributed by atoms with E-state index in [1.807, 2.05) is 44.2 Å². The standard InChI is InChI=1S/C25H20Cl2N4O2/c1-15-23(16(2)31(30-15)20-9-4-3-5-10-20)29-24(32)17-7-6-8-19(13-17)28-25(33)21-12-11-18(26)14-22(21)27/h3-14H,1-2H3,(H,28,33)(H,29,32). The highest BCUT2D eigenvalue weighted by molar-refractivity contribution is 6.37. The lowest BCUT2D eigenvalue weighted by Crippen LogP contribution is -2.15. The predicted octanol–water partition coefficient (Wildman–Crippen LogP) is 6.30. The normalized spacial score (nSPS) is 10.7. The molecule has 0 spiro atoms. The van der Waals surface area contributed by atoms with Gasteiger partial charge in [-0.1, -0.05) is 47.5 Å². The molecule has 0 radical (unpaired) electrons. The summed E-state index contributed by atoms with van der Waals surface area (Å²) in [4.78, 5) is 25.6. The van der Waals surface area contributed by atoms with Gasteiger partial charge in [0.15, 0.2) is 0 Å². The molecule has 3 aromatic carbocycles. The van der Waals surface area contributed by atoms with E-state index in [1.165, 1.54) is 6.07 Å². The van der Waals surface area contributed by atoms with Gasteiger partial charge in [-0.2, -0.15) is 5.10 Å². The van der Waals surface area contributed by atoms with Crippen molar-refractivity contribution < 1.29 is 9.59 Å². The van der Waals surface area contributed by atoms with E-state index in [-0.39, 0.29) is 16.5 Å². The first kappa shape index (κ1) is 22.6. The molecular formula is C25H20Cl2N4O2. The average molecular weight is 479 g/mol. The van der Waals surface area contributed by atoms with Gasteiger partial charge in [0.1, 0.15) is 0 Å². The molecule has 1 aromatic heterocycles. The second kappa shape index (κ2) is 9.48. The molecule has 0 aliphatic heterocycles. The van der Waals surface area contributed by atoms with Crippen LogP contribution in [0, 0.1) is 13.8 Å². The summed E-state index contributed by atoms with van der Waals surface area (Å²) in [5.74, 6) is -0.709. The van der Waals surface area contributed by atoms with Crippen LogP contribution in [0.2, 0.25) is 10.0 Å². The predicted molar refractivity (Wildman–Crippen MR) is 132 cm³/mol. The number of amides is 2. The minimum Gasteiger partial charge on any atom is -0.322 e. The number of aryl methyl sites for hydroxylation is 1. The molecule has 2 amide bonds. The van der Waals surface area contributed by atoms with Gasteiger partial charge in [-0.15, -0.1) is 0 Å². The van der Waals surface area contributed by atoms with Crippen molar-refractivity contribution in [3.05, 3.63) is 105 Å².